The summed E-state index contributed by atoms with van der Waals surface area (Å²) in [6.45, 7) is 61.8. The van der Waals surface area contributed by atoms with E-state index in [4.69, 9.17) is 0 Å². The SMILES string of the molecule is Cc1cc(C)c(N(c2c(C)c(C)c(C)c(C)c2C)c2c(C)c(C)c3c(c2C)C(C)(C)C(C)(C)c2c(C)c(N(c4c(C)cc(C)cc4C)c4c(C)c(C)c(C)c(C)c4C)c(C)c(C)c2-3)c(C)c1. The van der Waals surface area contributed by atoms with E-state index in [0.29, 0.717) is 0 Å². The average Bonchev–Trinajstić information content (AvgIpc) is 3.21. The Kier molecular flexibility index (Phi) is 12.1. The van der Waals surface area contributed by atoms with Gasteiger partial charge in [0.05, 0.1) is 34.1 Å². The number of anilines is 6. The fourth-order valence-corrected chi connectivity index (χ4v) is 13.1. The van der Waals surface area contributed by atoms with Crippen molar-refractivity contribution >= 4 is 34.1 Å². The minimum Gasteiger partial charge on any atom is -0.309 e. The highest BCUT2D eigenvalue weighted by atomic mass is 15.2. The molecule has 0 fully saturated rings. The minimum absolute atomic E-state index is 0.244. The predicted molar refractivity (Wildman–Crippen MR) is 292 cm³/mol. The fourth-order valence-electron chi connectivity index (χ4n) is 13.1. The smallest absolute Gasteiger partial charge is 0.0526 e. The second kappa shape index (κ2) is 16.3. The molecule has 0 heterocycles. The molecular formula is C64H82N2. The Morgan fingerprint density at radius 2 is 0.439 bits per heavy atom. The molecule has 0 saturated carbocycles. The topological polar surface area (TPSA) is 6.48 Å². The lowest BCUT2D eigenvalue weighted by Crippen LogP contribution is -2.45. The van der Waals surface area contributed by atoms with Crippen molar-refractivity contribution in [2.75, 3.05) is 9.80 Å². The van der Waals surface area contributed by atoms with E-state index in [1.54, 1.807) is 0 Å². The molecule has 1 aliphatic carbocycles. The second-order valence-electron chi connectivity index (χ2n) is 22.3. The lowest BCUT2D eigenvalue weighted by Gasteiger charge is -2.52. The molecule has 0 saturated heterocycles. The van der Waals surface area contributed by atoms with Crippen molar-refractivity contribution in [2.45, 2.75) is 191 Å². The van der Waals surface area contributed by atoms with Gasteiger partial charge in [-0.15, -0.1) is 0 Å². The maximum absolute atomic E-state index is 2.71. The average molecular weight is 879 g/mol. The summed E-state index contributed by atoms with van der Waals surface area (Å²) >= 11 is 0. The standard InChI is InChI=1S/C64H82N2/c1-31-27-33(3)57(34(4)28-31)65(59-45(15)39(9)37(7)40(10)46(59)16)61-49(19)43(13)53-54-44(14)50(20)62(52(22)56(54)64(25,26)63(23,24)55(53)51(61)21)66(58-35(5)29-32(2)30-36(58)6)60-47(17)41(11)38(8)42(12)48(60)18/h27-30H,1-26H3. The Morgan fingerprint density at radius 1 is 0.242 bits per heavy atom. The van der Waals surface area contributed by atoms with Gasteiger partial charge in [-0.3, -0.25) is 0 Å². The zero-order valence-corrected chi connectivity index (χ0v) is 46.2. The molecule has 66 heavy (non-hydrogen) atoms. The van der Waals surface area contributed by atoms with Gasteiger partial charge in [0.25, 0.3) is 0 Å². The molecule has 2 nitrogen and oxygen atoms in total. The van der Waals surface area contributed by atoms with E-state index < -0.39 is 0 Å². The van der Waals surface area contributed by atoms with Crippen molar-refractivity contribution in [3.05, 3.63) is 158 Å². The van der Waals surface area contributed by atoms with Gasteiger partial charge in [-0.05, 0) is 297 Å². The van der Waals surface area contributed by atoms with Gasteiger partial charge in [-0.25, -0.2) is 0 Å². The number of aryl methyl sites for hydroxylation is 6. The molecule has 1 aliphatic rings. The largest absolute Gasteiger partial charge is 0.309 e. The monoisotopic (exact) mass is 879 g/mol. The van der Waals surface area contributed by atoms with Crippen LogP contribution in [0.25, 0.3) is 11.1 Å². The number of nitrogens with zero attached hydrogens (tertiary/aromatic N) is 2. The number of benzene rings is 6. The van der Waals surface area contributed by atoms with Gasteiger partial charge in [0.2, 0.25) is 0 Å². The Labute approximate surface area is 401 Å². The Bertz CT molecular complexity index is 2770. The van der Waals surface area contributed by atoms with Crippen LogP contribution in [0.2, 0.25) is 0 Å². The van der Waals surface area contributed by atoms with E-state index >= 15 is 0 Å². The molecule has 348 valence electrons. The van der Waals surface area contributed by atoms with Crippen molar-refractivity contribution < 1.29 is 0 Å². The highest BCUT2D eigenvalue weighted by Crippen LogP contribution is 2.63. The molecule has 0 atom stereocenters. The molecule has 0 amide bonds. The lowest BCUT2D eigenvalue weighted by atomic mass is 9.52. The van der Waals surface area contributed by atoms with Crippen LogP contribution in [-0.2, 0) is 10.8 Å². The van der Waals surface area contributed by atoms with Crippen LogP contribution in [0.4, 0.5) is 34.1 Å². The zero-order valence-electron chi connectivity index (χ0n) is 46.2. The van der Waals surface area contributed by atoms with Crippen molar-refractivity contribution in [2.24, 2.45) is 0 Å². The van der Waals surface area contributed by atoms with Crippen molar-refractivity contribution in [3.63, 3.8) is 0 Å². The van der Waals surface area contributed by atoms with E-state index in [9.17, 15) is 0 Å². The van der Waals surface area contributed by atoms with Gasteiger partial charge >= 0.3 is 0 Å². The lowest BCUT2D eigenvalue weighted by molar-refractivity contribution is 0.296. The summed E-state index contributed by atoms with van der Waals surface area (Å²) in [5, 5.41) is 0. The van der Waals surface area contributed by atoms with Gasteiger partial charge in [-0.1, -0.05) is 63.1 Å². The summed E-state index contributed by atoms with van der Waals surface area (Å²) < 4.78 is 0. The van der Waals surface area contributed by atoms with Crippen LogP contribution in [0.1, 0.15) is 161 Å². The van der Waals surface area contributed by atoms with Crippen LogP contribution < -0.4 is 9.80 Å². The Balaban J connectivity index is 1.67. The molecule has 0 N–H and O–H groups in total. The van der Waals surface area contributed by atoms with Crippen LogP contribution in [0.5, 0.6) is 0 Å². The Hall–Kier alpha value is -5.08. The third kappa shape index (κ3) is 6.69. The van der Waals surface area contributed by atoms with E-state index in [2.05, 4.69) is 214 Å². The summed E-state index contributed by atoms with van der Waals surface area (Å²) in [4.78, 5) is 5.41. The van der Waals surface area contributed by atoms with Crippen molar-refractivity contribution in [1.82, 2.24) is 0 Å². The van der Waals surface area contributed by atoms with E-state index in [0.717, 1.165) is 0 Å². The highest BCUT2D eigenvalue weighted by Gasteiger charge is 2.50. The van der Waals surface area contributed by atoms with Gasteiger partial charge in [0.1, 0.15) is 0 Å². The molecule has 0 aromatic heterocycles. The normalized spacial score (nSPS) is 13.8. The Morgan fingerprint density at radius 3 is 0.682 bits per heavy atom. The third-order valence-electron chi connectivity index (χ3n) is 18.1. The zero-order chi connectivity index (χ0) is 49.5. The second-order valence-corrected chi connectivity index (χ2v) is 22.3. The summed E-state index contributed by atoms with van der Waals surface area (Å²) in [5.41, 5.74) is 43.1. The molecule has 7 rings (SSSR count). The molecule has 0 unspecified atom stereocenters. The summed E-state index contributed by atoms with van der Waals surface area (Å²) in [5.74, 6) is 0. The van der Waals surface area contributed by atoms with Crippen LogP contribution in [0, 0.1) is 152 Å². The van der Waals surface area contributed by atoms with Gasteiger partial charge in [-0.2, -0.15) is 0 Å². The van der Waals surface area contributed by atoms with Crippen LogP contribution in [0.15, 0.2) is 24.3 Å². The molecule has 6 aromatic rings. The molecular weight excluding hydrogens is 797 g/mol. The van der Waals surface area contributed by atoms with Crippen LogP contribution >= 0.6 is 0 Å². The molecule has 0 bridgehead atoms. The van der Waals surface area contributed by atoms with Gasteiger partial charge in [0, 0.05) is 0 Å². The first-order chi connectivity index (χ1) is 30.5. The first-order valence-corrected chi connectivity index (χ1v) is 24.7. The third-order valence-corrected chi connectivity index (χ3v) is 18.1. The summed E-state index contributed by atoms with van der Waals surface area (Å²) in [7, 11) is 0. The molecule has 0 spiro atoms. The number of fused-ring (bicyclic) bond motifs is 3. The number of hydrogen-bond acceptors (Lipinski definition) is 2. The maximum Gasteiger partial charge on any atom is 0.0526 e. The predicted octanol–water partition coefficient (Wildman–Crippen LogP) is 18.6. The first-order valence-electron chi connectivity index (χ1n) is 24.7. The first kappa shape index (κ1) is 48.8. The highest BCUT2D eigenvalue weighted by molar-refractivity contribution is 5.97. The van der Waals surface area contributed by atoms with Gasteiger partial charge < -0.3 is 9.80 Å². The van der Waals surface area contributed by atoms with Crippen LogP contribution in [-0.4, -0.2) is 0 Å². The fraction of sp³-hybridized carbons (Fsp3) is 0.438. The van der Waals surface area contributed by atoms with E-state index in [-0.39, 0.29) is 10.8 Å². The van der Waals surface area contributed by atoms with E-state index in [1.807, 2.05) is 0 Å². The molecule has 0 radical (unpaired) electrons. The molecule has 2 heteroatoms. The quantitative estimate of drug-likeness (QED) is 0.164. The minimum atomic E-state index is -0.244. The number of hydrogen-bond donors (Lipinski definition) is 0. The molecule has 0 aliphatic heterocycles. The number of rotatable bonds is 6. The van der Waals surface area contributed by atoms with E-state index in [1.165, 1.54) is 179 Å². The summed E-state index contributed by atoms with van der Waals surface area (Å²) in [6, 6.07) is 9.52. The maximum atomic E-state index is 2.71. The van der Waals surface area contributed by atoms with Gasteiger partial charge in [0.15, 0.2) is 0 Å². The van der Waals surface area contributed by atoms with Crippen molar-refractivity contribution in [3.8, 4) is 11.1 Å². The summed E-state index contributed by atoms with van der Waals surface area (Å²) in [6.07, 6.45) is 0. The molecule has 6 aromatic carbocycles. The van der Waals surface area contributed by atoms with Crippen LogP contribution in [0.3, 0.4) is 0 Å². The van der Waals surface area contributed by atoms with Crippen molar-refractivity contribution in [1.29, 1.82) is 0 Å².